The highest BCUT2D eigenvalue weighted by Gasteiger charge is 2.18. The van der Waals surface area contributed by atoms with Gasteiger partial charge in [0, 0.05) is 33.4 Å². The zero-order valence-corrected chi connectivity index (χ0v) is 34.0. The fraction of sp³-hybridized carbons (Fsp3) is 0. The molecule has 0 fully saturated rings. The molecule has 0 radical (unpaired) electrons. The molecule has 12 rings (SSSR count). The van der Waals surface area contributed by atoms with Crippen LogP contribution in [0.15, 0.2) is 243 Å². The van der Waals surface area contributed by atoms with Crippen LogP contribution in [0.25, 0.3) is 93.2 Å². The van der Waals surface area contributed by atoms with Crippen molar-refractivity contribution in [1.29, 1.82) is 0 Å². The molecule has 2 heteroatoms. The summed E-state index contributed by atoms with van der Waals surface area (Å²) in [6.07, 6.45) is 0. The van der Waals surface area contributed by atoms with Crippen LogP contribution in [0.1, 0.15) is 0 Å². The van der Waals surface area contributed by atoms with Gasteiger partial charge in [-0.15, -0.1) is 0 Å². The fourth-order valence-electron chi connectivity index (χ4n) is 9.53. The van der Waals surface area contributed by atoms with Crippen LogP contribution in [-0.4, -0.2) is 4.57 Å². The monoisotopic (exact) mass is 788 g/mol. The van der Waals surface area contributed by atoms with Crippen molar-refractivity contribution in [3.63, 3.8) is 0 Å². The Hall–Kier alpha value is -8.20. The van der Waals surface area contributed by atoms with Crippen molar-refractivity contribution in [3.05, 3.63) is 243 Å². The highest BCUT2D eigenvalue weighted by atomic mass is 15.1. The minimum absolute atomic E-state index is 1.09. The van der Waals surface area contributed by atoms with Gasteiger partial charge in [0.25, 0.3) is 0 Å². The Kier molecular flexibility index (Phi) is 8.53. The Bertz CT molecular complexity index is 3630. The molecule has 0 saturated carbocycles. The van der Waals surface area contributed by atoms with E-state index >= 15 is 0 Å². The number of aromatic nitrogens is 1. The summed E-state index contributed by atoms with van der Waals surface area (Å²) in [7, 11) is 0. The average molecular weight is 789 g/mol. The predicted octanol–water partition coefficient (Wildman–Crippen LogP) is 16.7. The Morgan fingerprint density at radius 2 is 0.823 bits per heavy atom. The van der Waals surface area contributed by atoms with Crippen molar-refractivity contribution in [2.24, 2.45) is 0 Å². The van der Waals surface area contributed by atoms with Gasteiger partial charge in [-0.3, -0.25) is 0 Å². The SMILES string of the molecule is c1cc(-c2cccc3ccccc23)cc(N(c2ccc(-c3ccc4ccccc4c3)cc2)c2ccc(-c3ccccc3-n3c4ccccc4c4cc5ccccc5cc43)cc2)c1. The number of anilines is 3. The molecule has 0 N–H and O–H groups in total. The van der Waals surface area contributed by atoms with E-state index in [0.717, 1.165) is 28.3 Å². The first-order chi connectivity index (χ1) is 30.7. The highest BCUT2D eigenvalue weighted by Crippen LogP contribution is 2.42. The molecule has 0 bridgehead atoms. The van der Waals surface area contributed by atoms with E-state index in [1.165, 1.54) is 81.9 Å². The van der Waals surface area contributed by atoms with Gasteiger partial charge in [0.1, 0.15) is 0 Å². The Morgan fingerprint density at radius 3 is 1.61 bits per heavy atom. The number of para-hydroxylation sites is 2. The van der Waals surface area contributed by atoms with Crippen LogP contribution in [0.4, 0.5) is 17.1 Å². The second-order valence-corrected chi connectivity index (χ2v) is 16.2. The average Bonchev–Trinajstić information content (AvgIpc) is 3.66. The third-order valence-corrected chi connectivity index (χ3v) is 12.5. The van der Waals surface area contributed by atoms with Gasteiger partial charge < -0.3 is 9.47 Å². The topological polar surface area (TPSA) is 8.17 Å². The highest BCUT2D eigenvalue weighted by molar-refractivity contribution is 6.14. The van der Waals surface area contributed by atoms with Crippen molar-refractivity contribution in [3.8, 4) is 39.1 Å². The van der Waals surface area contributed by atoms with Gasteiger partial charge in [0.15, 0.2) is 0 Å². The molecular formula is C60H40N2. The molecule has 0 unspecified atom stereocenters. The fourth-order valence-corrected chi connectivity index (χ4v) is 9.53. The molecule has 0 saturated heterocycles. The van der Waals surface area contributed by atoms with Crippen LogP contribution in [0.3, 0.4) is 0 Å². The standard InChI is InChI=1S/C60H40N2/c1-2-15-45-37-48(28-27-41(45)13-1)42-29-33-50(34-30-42)61(52-20-11-19-49(38-52)54-24-12-18-43-14-5-6-21-53(43)54)51-35-31-44(32-36-51)55-22-7-9-25-58(55)62-59-26-10-8-23-56(59)57-39-46-16-3-4-17-47(46)40-60(57)62/h1-40H. The van der Waals surface area contributed by atoms with Crippen LogP contribution in [0, 0.1) is 0 Å². The van der Waals surface area contributed by atoms with Gasteiger partial charge in [-0.1, -0.05) is 176 Å². The van der Waals surface area contributed by atoms with E-state index < -0.39 is 0 Å². The number of hydrogen-bond donors (Lipinski definition) is 0. The van der Waals surface area contributed by atoms with Crippen LogP contribution < -0.4 is 4.90 Å². The van der Waals surface area contributed by atoms with Crippen LogP contribution in [0.2, 0.25) is 0 Å². The van der Waals surface area contributed by atoms with E-state index in [2.05, 4.69) is 252 Å². The molecule has 0 spiro atoms. The Balaban J connectivity index is 0.979. The second-order valence-electron chi connectivity index (χ2n) is 16.2. The molecule has 0 aliphatic carbocycles. The molecule has 0 amide bonds. The molecule has 0 aliphatic rings. The molecule has 12 aromatic rings. The first-order valence-corrected chi connectivity index (χ1v) is 21.3. The van der Waals surface area contributed by atoms with E-state index in [0.29, 0.717) is 0 Å². The normalized spacial score (nSPS) is 11.5. The summed E-state index contributed by atoms with van der Waals surface area (Å²) in [6, 6.07) is 88.5. The van der Waals surface area contributed by atoms with Gasteiger partial charge >= 0.3 is 0 Å². The van der Waals surface area contributed by atoms with Gasteiger partial charge in [-0.05, 0) is 127 Å². The minimum Gasteiger partial charge on any atom is -0.310 e. The summed E-state index contributed by atoms with van der Waals surface area (Å²) < 4.78 is 2.45. The van der Waals surface area contributed by atoms with E-state index in [-0.39, 0.29) is 0 Å². The van der Waals surface area contributed by atoms with Crippen molar-refractivity contribution in [1.82, 2.24) is 4.57 Å². The Morgan fingerprint density at radius 1 is 0.258 bits per heavy atom. The molecule has 290 valence electrons. The first-order valence-electron chi connectivity index (χ1n) is 21.3. The number of rotatable bonds is 7. The zero-order valence-electron chi connectivity index (χ0n) is 34.0. The summed E-state index contributed by atoms with van der Waals surface area (Å²) in [5.74, 6) is 0. The number of benzene rings is 11. The van der Waals surface area contributed by atoms with E-state index in [1.54, 1.807) is 0 Å². The lowest BCUT2D eigenvalue weighted by Crippen LogP contribution is -2.10. The molecule has 1 aromatic heterocycles. The maximum atomic E-state index is 2.45. The third kappa shape index (κ3) is 6.12. The van der Waals surface area contributed by atoms with E-state index in [1.807, 2.05) is 0 Å². The quantitative estimate of drug-likeness (QED) is 0.156. The molecule has 2 nitrogen and oxygen atoms in total. The van der Waals surface area contributed by atoms with Gasteiger partial charge in [-0.25, -0.2) is 0 Å². The molecule has 62 heavy (non-hydrogen) atoms. The summed E-state index contributed by atoms with van der Waals surface area (Å²) in [5, 5.41) is 9.99. The predicted molar refractivity (Wildman–Crippen MR) is 264 cm³/mol. The van der Waals surface area contributed by atoms with Crippen LogP contribution >= 0.6 is 0 Å². The summed E-state index contributed by atoms with van der Waals surface area (Å²) in [5.41, 5.74) is 14.0. The minimum atomic E-state index is 1.09. The van der Waals surface area contributed by atoms with Crippen molar-refractivity contribution in [2.75, 3.05) is 4.90 Å². The van der Waals surface area contributed by atoms with Crippen molar-refractivity contribution in [2.45, 2.75) is 0 Å². The lowest BCUT2D eigenvalue weighted by molar-refractivity contribution is 1.18. The smallest absolute Gasteiger partial charge is 0.0547 e. The maximum absolute atomic E-state index is 2.45. The molecule has 11 aromatic carbocycles. The van der Waals surface area contributed by atoms with Crippen LogP contribution in [-0.2, 0) is 0 Å². The summed E-state index contributed by atoms with van der Waals surface area (Å²) in [4.78, 5) is 2.38. The Labute approximate surface area is 360 Å². The lowest BCUT2D eigenvalue weighted by atomic mass is 9.97. The number of hydrogen-bond acceptors (Lipinski definition) is 1. The molecule has 0 aliphatic heterocycles. The molecule has 0 atom stereocenters. The number of fused-ring (bicyclic) bond motifs is 6. The molecule has 1 heterocycles. The lowest BCUT2D eigenvalue weighted by Gasteiger charge is -2.27. The summed E-state index contributed by atoms with van der Waals surface area (Å²) in [6.45, 7) is 0. The third-order valence-electron chi connectivity index (χ3n) is 12.5. The summed E-state index contributed by atoms with van der Waals surface area (Å²) >= 11 is 0. The van der Waals surface area contributed by atoms with Gasteiger partial charge in [0.2, 0.25) is 0 Å². The van der Waals surface area contributed by atoms with E-state index in [4.69, 9.17) is 0 Å². The first kappa shape index (κ1) is 35.7. The maximum Gasteiger partial charge on any atom is 0.0547 e. The van der Waals surface area contributed by atoms with Gasteiger partial charge in [0.05, 0.1) is 16.7 Å². The van der Waals surface area contributed by atoms with E-state index in [9.17, 15) is 0 Å². The van der Waals surface area contributed by atoms with Crippen LogP contribution in [0.5, 0.6) is 0 Å². The number of nitrogens with zero attached hydrogens (tertiary/aromatic N) is 2. The van der Waals surface area contributed by atoms with Gasteiger partial charge in [-0.2, -0.15) is 0 Å². The zero-order chi connectivity index (χ0) is 41.0. The second kappa shape index (κ2) is 14.8. The largest absolute Gasteiger partial charge is 0.310 e. The van der Waals surface area contributed by atoms with Crippen molar-refractivity contribution >= 4 is 71.2 Å². The molecular weight excluding hydrogens is 749 g/mol. The van der Waals surface area contributed by atoms with Crippen molar-refractivity contribution < 1.29 is 0 Å².